The second-order valence-corrected chi connectivity index (χ2v) is 5.04. The van der Waals surface area contributed by atoms with Crippen molar-refractivity contribution in [3.63, 3.8) is 0 Å². The monoisotopic (exact) mass is 342 g/mol. The normalized spacial score (nSPS) is 10.4. The summed E-state index contributed by atoms with van der Waals surface area (Å²) in [6, 6.07) is 5.58. The minimum Gasteiger partial charge on any atom is -0.505 e. The number of phenols is 2. The molecule has 0 aliphatic carbocycles. The Labute approximate surface area is 136 Å². The highest BCUT2D eigenvalue weighted by molar-refractivity contribution is 6.35. The first-order valence-corrected chi connectivity index (χ1v) is 6.83. The van der Waals surface area contributed by atoms with Gasteiger partial charge in [-0.05, 0) is 24.3 Å². The van der Waals surface area contributed by atoms with Gasteiger partial charge in [0.15, 0.2) is 0 Å². The molecule has 0 unspecified atom stereocenters. The Morgan fingerprint density at radius 1 is 0.864 bits per heavy atom. The molecule has 0 amide bonds. The molecular weight excluding hydrogens is 331 g/mol. The topological polar surface area (TPSA) is 76.0 Å². The van der Waals surface area contributed by atoms with E-state index in [0.717, 1.165) is 0 Å². The lowest BCUT2D eigenvalue weighted by Crippen LogP contribution is -2.03. The van der Waals surface area contributed by atoms with Crippen molar-refractivity contribution in [1.82, 2.24) is 0 Å². The zero-order chi connectivity index (χ0) is 16.4. The molecule has 0 saturated carbocycles. The van der Waals surface area contributed by atoms with Gasteiger partial charge in [-0.3, -0.25) is 4.79 Å². The lowest BCUT2D eigenvalue weighted by atomic mass is 10.0. The molecule has 0 aromatic heterocycles. The van der Waals surface area contributed by atoms with Crippen LogP contribution >= 0.6 is 23.2 Å². The van der Waals surface area contributed by atoms with Crippen LogP contribution in [0.15, 0.2) is 24.3 Å². The highest BCUT2D eigenvalue weighted by Crippen LogP contribution is 2.40. The summed E-state index contributed by atoms with van der Waals surface area (Å²) in [5.74, 6) is -1.04. The first-order chi connectivity index (χ1) is 10.4. The molecule has 0 heterocycles. The Morgan fingerprint density at radius 3 is 1.55 bits per heavy atom. The van der Waals surface area contributed by atoms with Crippen molar-refractivity contribution in [3.05, 3.63) is 45.4 Å². The number of aromatic hydroxyl groups is 2. The van der Waals surface area contributed by atoms with Crippen molar-refractivity contribution < 1.29 is 24.5 Å². The van der Waals surface area contributed by atoms with E-state index in [9.17, 15) is 15.0 Å². The molecule has 0 spiro atoms. The molecule has 0 aliphatic rings. The predicted octanol–water partition coefficient (Wildman–Crippen LogP) is 3.65. The van der Waals surface area contributed by atoms with Crippen molar-refractivity contribution in [2.45, 2.75) is 0 Å². The average Bonchev–Trinajstić information content (AvgIpc) is 2.52. The van der Waals surface area contributed by atoms with Crippen LogP contribution in [0.2, 0.25) is 10.0 Å². The molecule has 0 radical (unpaired) electrons. The number of hydrogen-bond donors (Lipinski definition) is 2. The summed E-state index contributed by atoms with van der Waals surface area (Å²) in [6.07, 6.45) is 0. The molecule has 2 rings (SSSR count). The smallest absolute Gasteiger partial charge is 0.200 e. The van der Waals surface area contributed by atoms with Crippen LogP contribution in [-0.2, 0) is 0 Å². The lowest BCUT2D eigenvalue weighted by Gasteiger charge is -2.11. The highest BCUT2D eigenvalue weighted by Gasteiger charge is 2.23. The highest BCUT2D eigenvalue weighted by atomic mass is 35.5. The van der Waals surface area contributed by atoms with E-state index in [1.165, 1.54) is 38.5 Å². The van der Waals surface area contributed by atoms with E-state index in [4.69, 9.17) is 32.7 Å². The van der Waals surface area contributed by atoms with Gasteiger partial charge in [0.1, 0.15) is 33.0 Å². The summed E-state index contributed by atoms with van der Waals surface area (Å²) in [7, 11) is 2.77. The van der Waals surface area contributed by atoms with Gasteiger partial charge in [-0.25, -0.2) is 0 Å². The fraction of sp³-hybridized carbons (Fsp3) is 0.133. The van der Waals surface area contributed by atoms with E-state index in [1.54, 1.807) is 0 Å². The minimum atomic E-state index is -0.635. The maximum atomic E-state index is 12.5. The Hall–Kier alpha value is -2.11. The van der Waals surface area contributed by atoms with Gasteiger partial charge < -0.3 is 19.7 Å². The zero-order valence-electron chi connectivity index (χ0n) is 11.7. The van der Waals surface area contributed by atoms with Crippen molar-refractivity contribution in [2.75, 3.05) is 14.2 Å². The van der Waals surface area contributed by atoms with Gasteiger partial charge in [-0.2, -0.15) is 0 Å². The third-order valence-corrected chi connectivity index (χ3v) is 3.82. The summed E-state index contributed by atoms with van der Waals surface area (Å²) in [4.78, 5) is 12.5. The average molecular weight is 343 g/mol. The second kappa shape index (κ2) is 6.34. The quantitative estimate of drug-likeness (QED) is 0.829. The van der Waals surface area contributed by atoms with E-state index in [-0.39, 0.29) is 32.7 Å². The Kier molecular flexibility index (Phi) is 4.68. The maximum absolute atomic E-state index is 12.5. The van der Waals surface area contributed by atoms with Crippen LogP contribution < -0.4 is 9.47 Å². The zero-order valence-corrected chi connectivity index (χ0v) is 13.2. The summed E-state index contributed by atoms with van der Waals surface area (Å²) < 4.78 is 9.90. The Morgan fingerprint density at radius 2 is 1.23 bits per heavy atom. The third kappa shape index (κ3) is 2.65. The van der Waals surface area contributed by atoms with Gasteiger partial charge in [0.2, 0.25) is 5.78 Å². The van der Waals surface area contributed by atoms with Gasteiger partial charge in [-0.15, -0.1) is 0 Å². The van der Waals surface area contributed by atoms with E-state index < -0.39 is 17.3 Å². The molecule has 116 valence electrons. The van der Waals surface area contributed by atoms with Crippen LogP contribution in [0, 0.1) is 0 Å². The molecule has 0 aliphatic heterocycles. The number of ether oxygens (including phenoxy) is 2. The molecule has 22 heavy (non-hydrogen) atoms. The molecule has 0 fully saturated rings. The number of ketones is 1. The summed E-state index contributed by atoms with van der Waals surface area (Å²) >= 11 is 11.8. The van der Waals surface area contributed by atoms with Crippen LogP contribution in [0.4, 0.5) is 0 Å². The molecule has 7 heteroatoms. The number of carbonyl (C=O) groups excluding carboxylic acids is 1. The Balaban J connectivity index is 2.54. The van der Waals surface area contributed by atoms with Gasteiger partial charge in [0.05, 0.1) is 25.3 Å². The number of halogens is 2. The largest absolute Gasteiger partial charge is 0.505 e. The van der Waals surface area contributed by atoms with Gasteiger partial charge in [-0.1, -0.05) is 23.2 Å². The van der Waals surface area contributed by atoms with Crippen molar-refractivity contribution >= 4 is 29.0 Å². The lowest BCUT2D eigenvalue weighted by molar-refractivity contribution is 0.103. The fourth-order valence-corrected chi connectivity index (χ4v) is 2.40. The van der Waals surface area contributed by atoms with E-state index >= 15 is 0 Å². The number of phenolic OH excluding ortho intramolecular Hbond substituents is 2. The summed E-state index contributed by atoms with van der Waals surface area (Å²) in [6.45, 7) is 0. The number of carbonyl (C=O) groups is 1. The standard InChI is InChI=1S/C15H12Cl2O5/c1-21-9-5-3-7(14(19)11(9)16)13(18)8-4-6-10(22-2)12(17)15(8)20/h3-6,19-20H,1-2H3. The molecule has 0 atom stereocenters. The van der Waals surface area contributed by atoms with E-state index in [0.29, 0.717) is 0 Å². The van der Waals surface area contributed by atoms with Crippen LogP contribution in [0.1, 0.15) is 15.9 Å². The van der Waals surface area contributed by atoms with Crippen LogP contribution in [0.5, 0.6) is 23.0 Å². The summed E-state index contributed by atoms with van der Waals surface area (Å²) in [5.41, 5.74) is -0.162. The minimum absolute atomic E-state index is 0.0812. The summed E-state index contributed by atoms with van der Waals surface area (Å²) in [5, 5.41) is 19.9. The van der Waals surface area contributed by atoms with Gasteiger partial charge in [0, 0.05) is 0 Å². The van der Waals surface area contributed by atoms with Crippen molar-refractivity contribution in [1.29, 1.82) is 0 Å². The fourth-order valence-electron chi connectivity index (χ4n) is 1.92. The second-order valence-electron chi connectivity index (χ2n) is 4.29. The first kappa shape index (κ1) is 16.3. The van der Waals surface area contributed by atoms with Crippen LogP contribution in [0.25, 0.3) is 0 Å². The Bertz CT molecular complexity index is 682. The van der Waals surface area contributed by atoms with Gasteiger partial charge in [0.25, 0.3) is 0 Å². The molecule has 2 N–H and O–H groups in total. The molecule has 5 nitrogen and oxygen atoms in total. The molecule has 0 bridgehead atoms. The van der Waals surface area contributed by atoms with E-state index in [2.05, 4.69) is 0 Å². The SMILES string of the molecule is COc1ccc(C(=O)c2ccc(OC)c(Cl)c2O)c(O)c1Cl. The number of rotatable bonds is 4. The predicted molar refractivity (Wildman–Crippen MR) is 82.8 cm³/mol. The molecular formula is C15H12Cl2O5. The third-order valence-electron chi connectivity index (χ3n) is 3.09. The first-order valence-electron chi connectivity index (χ1n) is 6.08. The molecule has 2 aromatic carbocycles. The van der Waals surface area contributed by atoms with Crippen LogP contribution in [0.3, 0.4) is 0 Å². The van der Waals surface area contributed by atoms with Crippen LogP contribution in [-0.4, -0.2) is 30.2 Å². The van der Waals surface area contributed by atoms with E-state index in [1.807, 2.05) is 0 Å². The van der Waals surface area contributed by atoms with Crippen molar-refractivity contribution in [3.8, 4) is 23.0 Å². The van der Waals surface area contributed by atoms with Gasteiger partial charge >= 0.3 is 0 Å². The maximum Gasteiger partial charge on any atom is 0.200 e. The number of methoxy groups -OCH3 is 2. The number of benzene rings is 2. The molecule has 0 saturated heterocycles. The molecule has 2 aromatic rings. The van der Waals surface area contributed by atoms with Crippen molar-refractivity contribution in [2.24, 2.45) is 0 Å². The number of hydrogen-bond acceptors (Lipinski definition) is 5.